The van der Waals surface area contributed by atoms with Gasteiger partial charge in [-0.05, 0) is 52.6 Å². The van der Waals surface area contributed by atoms with Crippen LogP contribution in [0.5, 0.6) is 0 Å². The molecule has 2 saturated carbocycles. The summed E-state index contributed by atoms with van der Waals surface area (Å²) in [5.41, 5.74) is 0.603. The number of nitrogens with zero attached hydrogens (tertiary/aromatic N) is 1. The number of carbonyl (C=O) groups excluding carboxylic acids is 1. The van der Waals surface area contributed by atoms with Crippen molar-refractivity contribution >= 4 is 33.5 Å². The molecule has 3 unspecified atom stereocenters. The second kappa shape index (κ2) is 4.95. The summed E-state index contributed by atoms with van der Waals surface area (Å²) in [4.78, 5) is 16.4. The molecule has 3 rings (SSSR count). The third-order valence-corrected chi connectivity index (χ3v) is 6.72. The fraction of sp³-hybridized carbons (Fsp3) is 0.625. The van der Waals surface area contributed by atoms with Gasteiger partial charge in [-0.15, -0.1) is 0 Å². The van der Waals surface area contributed by atoms with Crippen molar-refractivity contribution in [2.45, 2.75) is 46.1 Å². The molecule has 2 fully saturated rings. The lowest BCUT2D eigenvalue weighted by molar-refractivity contribution is -0.0242. The average molecular weight is 373 g/mol. The molecule has 3 atom stereocenters. The Morgan fingerprint density at radius 3 is 2.76 bits per heavy atom. The monoisotopic (exact) mass is 371 g/mol. The lowest BCUT2D eigenvalue weighted by Crippen LogP contribution is -2.38. The highest BCUT2D eigenvalue weighted by Gasteiger charge is 2.62. The minimum absolute atomic E-state index is 0.0335. The highest BCUT2D eigenvalue weighted by atomic mass is 79.9. The predicted molar refractivity (Wildman–Crippen MR) is 85.4 cm³/mol. The minimum atomic E-state index is -0.372. The van der Waals surface area contributed by atoms with Crippen molar-refractivity contribution in [1.82, 2.24) is 4.98 Å². The van der Waals surface area contributed by atoms with Crippen LogP contribution in [0.1, 0.15) is 50.4 Å². The normalized spacial score (nSPS) is 33.2. The summed E-state index contributed by atoms with van der Waals surface area (Å²) in [7, 11) is 0. The van der Waals surface area contributed by atoms with E-state index in [2.05, 4.69) is 41.7 Å². The van der Waals surface area contributed by atoms with Crippen LogP contribution >= 0.6 is 27.5 Å². The van der Waals surface area contributed by atoms with E-state index < -0.39 is 0 Å². The van der Waals surface area contributed by atoms with Crippen molar-refractivity contribution in [3.05, 3.63) is 27.5 Å². The van der Waals surface area contributed by atoms with E-state index in [0.29, 0.717) is 11.5 Å². The Balaban J connectivity index is 1.82. The quantitative estimate of drug-likeness (QED) is 0.549. The van der Waals surface area contributed by atoms with Gasteiger partial charge in [-0.25, -0.2) is 9.78 Å². The molecule has 2 aliphatic carbocycles. The third-order valence-electron chi connectivity index (χ3n) is 5.99. The Morgan fingerprint density at radius 1 is 1.48 bits per heavy atom. The summed E-state index contributed by atoms with van der Waals surface area (Å²) in [6.45, 7) is 6.84. The molecule has 3 nitrogen and oxygen atoms in total. The molecule has 0 N–H and O–H groups in total. The molecule has 5 heteroatoms. The smallest absolute Gasteiger partial charge is 0.341 e. The van der Waals surface area contributed by atoms with Crippen LogP contribution in [-0.4, -0.2) is 17.1 Å². The first-order valence-electron chi connectivity index (χ1n) is 7.28. The van der Waals surface area contributed by atoms with Gasteiger partial charge < -0.3 is 4.74 Å². The predicted octanol–water partition coefficient (Wildman–Crippen LogP) is 4.87. The van der Waals surface area contributed by atoms with Gasteiger partial charge in [0.15, 0.2) is 0 Å². The van der Waals surface area contributed by atoms with E-state index in [-0.39, 0.29) is 28.1 Å². The van der Waals surface area contributed by atoms with Crippen LogP contribution in [0.25, 0.3) is 0 Å². The molecule has 21 heavy (non-hydrogen) atoms. The summed E-state index contributed by atoms with van der Waals surface area (Å²) in [6.07, 6.45) is 4.84. The Bertz CT molecular complexity index is 604. The first kappa shape index (κ1) is 15.3. The lowest BCUT2D eigenvalue weighted by Gasteiger charge is -2.38. The maximum Gasteiger partial charge on any atom is 0.341 e. The maximum absolute atomic E-state index is 12.4. The maximum atomic E-state index is 12.4. The summed E-state index contributed by atoms with van der Waals surface area (Å²) in [6, 6.07) is 1.67. The molecule has 0 aromatic carbocycles. The van der Waals surface area contributed by atoms with Crippen molar-refractivity contribution in [2.24, 2.45) is 16.7 Å². The van der Waals surface area contributed by atoms with Crippen molar-refractivity contribution in [3.8, 4) is 0 Å². The first-order chi connectivity index (χ1) is 9.75. The zero-order chi connectivity index (χ0) is 15.4. The zero-order valence-electron chi connectivity index (χ0n) is 12.5. The van der Waals surface area contributed by atoms with Crippen LogP contribution < -0.4 is 0 Å². The van der Waals surface area contributed by atoms with E-state index in [1.54, 1.807) is 12.3 Å². The molecule has 0 amide bonds. The van der Waals surface area contributed by atoms with Gasteiger partial charge in [0.05, 0.1) is 5.56 Å². The van der Waals surface area contributed by atoms with Crippen molar-refractivity contribution in [3.63, 3.8) is 0 Å². The van der Waals surface area contributed by atoms with E-state index >= 15 is 0 Å². The molecule has 1 aromatic rings. The second-order valence-corrected chi connectivity index (χ2v) is 8.27. The summed E-state index contributed by atoms with van der Waals surface area (Å²) in [5.74, 6) is 0.264. The molecule has 0 radical (unpaired) electrons. The third kappa shape index (κ3) is 2.22. The van der Waals surface area contributed by atoms with Crippen molar-refractivity contribution in [1.29, 1.82) is 0 Å². The first-order valence-corrected chi connectivity index (χ1v) is 8.45. The van der Waals surface area contributed by atoms with Gasteiger partial charge in [-0.1, -0.05) is 32.4 Å². The number of carbonyl (C=O) groups is 1. The molecule has 2 aliphatic rings. The van der Waals surface area contributed by atoms with Crippen LogP contribution in [0, 0.1) is 16.7 Å². The Labute approximate surface area is 138 Å². The van der Waals surface area contributed by atoms with Crippen LogP contribution in [-0.2, 0) is 4.74 Å². The van der Waals surface area contributed by atoms with Gasteiger partial charge in [0, 0.05) is 16.1 Å². The van der Waals surface area contributed by atoms with Crippen LogP contribution in [0.2, 0.25) is 5.15 Å². The van der Waals surface area contributed by atoms with E-state index in [0.717, 1.165) is 17.3 Å². The molecule has 0 saturated heterocycles. The second-order valence-electron chi connectivity index (χ2n) is 7.00. The van der Waals surface area contributed by atoms with Gasteiger partial charge >= 0.3 is 5.97 Å². The van der Waals surface area contributed by atoms with Crippen molar-refractivity contribution < 1.29 is 9.53 Å². The van der Waals surface area contributed by atoms with E-state index in [1.807, 2.05) is 0 Å². The fourth-order valence-electron chi connectivity index (χ4n) is 4.07. The largest absolute Gasteiger partial charge is 0.458 e. The van der Waals surface area contributed by atoms with Gasteiger partial charge in [-0.3, -0.25) is 0 Å². The standard InChI is InChI=1S/C16H19BrClNO2/c1-15(2)9-4-5-16(15,3)12(6-9)21-14(20)11-7-10(17)8-19-13(11)18/h7-9,12H,4-6H2,1-3H3. The molecule has 1 heterocycles. The molecule has 2 bridgehead atoms. The Morgan fingerprint density at radius 2 is 2.19 bits per heavy atom. The Hall–Kier alpha value is -0.610. The van der Waals surface area contributed by atoms with E-state index in [1.165, 1.54) is 6.42 Å². The van der Waals surface area contributed by atoms with Gasteiger partial charge in [0.2, 0.25) is 0 Å². The van der Waals surface area contributed by atoms with Gasteiger partial charge in [-0.2, -0.15) is 0 Å². The number of hydrogen-bond donors (Lipinski definition) is 0. The number of rotatable bonds is 2. The van der Waals surface area contributed by atoms with E-state index in [4.69, 9.17) is 16.3 Å². The van der Waals surface area contributed by atoms with Crippen LogP contribution in [0.15, 0.2) is 16.7 Å². The van der Waals surface area contributed by atoms with Gasteiger partial charge in [0.1, 0.15) is 11.3 Å². The number of halogens is 2. The summed E-state index contributed by atoms with van der Waals surface area (Å²) >= 11 is 9.32. The topological polar surface area (TPSA) is 39.2 Å². The average Bonchev–Trinajstić information content (AvgIpc) is 2.74. The molecule has 1 aromatic heterocycles. The van der Waals surface area contributed by atoms with Crippen molar-refractivity contribution in [2.75, 3.05) is 0 Å². The molecule has 0 aliphatic heterocycles. The summed E-state index contributed by atoms with van der Waals surface area (Å²) < 4.78 is 6.54. The van der Waals surface area contributed by atoms with Crippen LogP contribution in [0.3, 0.4) is 0 Å². The minimum Gasteiger partial charge on any atom is -0.458 e. The number of aromatic nitrogens is 1. The number of esters is 1. The SMILES string of the molecule is CC1(C)C2CCC1(C)C(OC(=O)c1cc(Br)cnc1Cl)C2. The fourth-order valence-corrected chi connectivity index (χ4v) is 4.58. The van der Waals surface area contributed by atoms with E-state index in [9.17, 15) is 4.79 Å². The lowest BCUT2D eigenvalue weighted by atomic mass is 9.70. The highest BCUT2D eigenvalue weighted by Crippen LogP contribution is 2.66. The van der Waals surface area contributed by atoms with Crippen LogP contribution in [0.4, 0.5) is 0 Å². The number of pyridine rings is 1. The molecular weight excluding hydrogens is 354 g/mol. The zero-order valence-corrected chi connectivity index (χ0v) is 14.8. The number of ether oxygens (including phenoxy) is 1. The highest BCUT2D eigenvalue weighted by molar-refractivity contribution is 9.10. The molecular formula is C16H19BrClNO2. The number of fused-ring (bicyclic) bond motifs is 2. The summed E-state index contributed by atoms with van der Waals surface area (Å²) in [5, 5.41) is 0.191. The Kier molecular flexibility index (Phi) is 3.61. The number of hydrogen-bond acceptors (Lipinski definition) is 3. The van der Waals surface area contributed by atoms with Gasteiger partial charge in [0.25, 0.3) is 0 Å². The molecule has 114 valence electrons. The molecule has 0 spiro atoms.